The summed E-state index contributed by atoms with van der Waals surface area (Å²) in [7, 11) is 0. The second-order valence-electron chi connectivity index (χ2n) is 7.01. The van der Waals surface area contributed by atoms with Crippen molar-refractivity contribution in [2.45, 2.75) is 105 Å². The number of Topliss-reactive ketones (excluding diaryl/α,β-unsaturated/α-hetero) is 1. The SMILES string of the molecule is CC.CC(=O)CCCCCNC(=O)CCCCC[C@@H](NC(C)=O)C(C)C.[HH]. The van der Waals surface area contributed by atoms with Gasteiger partial charge in [-0.15, -0.1) is 0 Å². The summed E-state index contributed by atoms with van der Waals surface area (Å²) in [6, 6.07) is 0.228. The summed E-state index contributed by atoms with van der Waals surface area (Å²) in [5.74, 6) is 0.803. The largest absolute Gasteiger partial charge is 0.356 e. The fraction of sp³-hybridized carbons (Fsp3) is 0.857. The topological polar surface area (TPSA) is 75.3 Å². The van der Waals surface area contributed by atoms with Crippen molar-refractivity contribution < 1.29 is 15.8 Å². The number of unbranched alkanes of at least 4 members (excludes halogenated alkanes) is 4. The lowest BCUT2D eigenvalue weighted by atomic mass is 9.97. The Hall–Kier alpha value is -1.39. The van der Waals surface area contributed by atoms with E-state index in [9.17, 15) is 14.4 Å². The van der Waals surface area contributed by atoms with Crippen molar-refractivity contribution in [3.8, 4) is 0 Å². The van der Waals surface area contributed by atoms with E-state index in [1.807, 2.05) is 13.8 Å². The quantitative estimate of drug-likeness (QED) is 0.436. The molecule has 156 valence electrons. The van der Waals surface area contributed by atoms with Crippen LogP contribution in [0.15, 0.2) is 0 Å². The molecule has 0 saturated carbocycles. The highest BCUT2D eigenvalue weighted by molar-refractivity contribution is 5.76. The van der Waals surface area contributed by atoms with E-state index >= 15 is 0 Å². The molecule has 0 aliphatic heterocycles. The number of carbonyl (C=O) groups excluding carboxylic acids is 3. The summed E-state index contributed by atoms with van der Waals surface area (Å²) < 4.78 is 0. The van der Waals surface area contributed by atoms with E-state index < -0.39 is 0 Å². The van der Waals surface area contributed by atoms with E-state index in [1.165, 1.54) is 0 Å². The van der Waals surface area contributed by atoms with Gasteiger partial charge in [-0.1, -0.05) is 47.0 Å². The van der Waals surface area contributed by atoms with Gasteiger partial charge in [-0.2, -0.15) is 0 Å². The first kappa shape index (κ1) is 26.8. The van der Waals surface area contributed by atoms with Crippen LogP contribution in [0, 0.1) is 5.92 Å². The summed E-state index contributed by atoms with van der Waals surface area (Å²) in [6.45, 7) is 12.1. The molecular weight excluding hydrogens is 328 g/mol. The smallest absolute Gasteiger partial charge is 0.219 e. The second-order valence-corrected chi connectivity index (χ2v) is 7.01. The number of hydrogen-bond acceptors (Lipinski definition) is 3. The molecule has 0 aliphatic carbocycles. The van der Waals surface area contributed by atoms with Crippen LogP contribution in [0.2, 0.25) is 0 Å². The highest BCUT2D eigenvalue weighted by Gasteiger charge is 2.13. The molecule has 0 heterocycles. The van der Waals surface area contributed by atoms with E-state index in [-0.39, 0.29) is 25.1 Å². The van der Waals surface area contributed by atoms with Crippen LogP contribution >= 0.6 is 0 Å². The lowest BCUT2D eigenvalue weighted by Crippen LogP contribution is -2.37. The maximum Gasteiger partial charge on any atom is 0.219 e. The molecule has 0 saturated heterocycles. The Kier molecular flexibility index (Phi) is 19.0. The summed E-state index contributed by atoms with van der Waals surface area (Å²) in [6.07, 6.45) is 7.94. The Morgan fingerprint density at radius 3 is 1.96 bits per heavy atom. The summed E-state index contributed by atoms with van der Waals surface area (Å²) in [5, 5.41) is 5.93. The van der Waals surface area contributed by atoms with E-state index in [0.717, 1.165) is 44.9 Å². The summed E-state index contributed by atoms with van der Waals surface area (Å²) >= 11 is 0. The molecule has 26 heavy (non-hydrogen) atoms. The molecule has 0 rings (SSSR count). The number of ketones is 1. The molecule has 0 bridgehead atoms. The van der Waals surface area contributed by atoms with Crippen LogP contribution in [-0.4, -0.2) is 30.2 Å². The van der Waals surface area contributed by atoms with Gasteiger partial charge in [-0.3, -0.25) is 9.59 Å². The first-order valence-corrected chi connectivity index (χ1v) is 10.4. The molecule has 5 nitrogen and oxygen atoms in total. The molecular formula is C21H44N2O3. The fourth-order valence-electron chi connectivity index (χ4n) is 2.65. The van der Waals surface area contributed by atoms with Gasteiger partial charge in [0, 0.05) is 33.8 Å². The zero-order valence-electron chi connectivity index (χ0n) is 18.0. The number of hydrogen-bond donors (Lipinski definition) is 2. The van der Waals surface area contributed by atoms with Crippen LogP contribution in [0.25, 0.3) is 0 Å². The average molecular weight is 373 g/mol. The van der Waals surface area contributed by atoms with Crippen molar-refractivity contribution in [1.82, 2.24) is 10.6 Å². The number of nitrogens with one attached hydrogen (secondary N) is 2. The average Bonchev–Trinajstić information content (AvgIpc) is 2.57. The Bertz CT molecular complexity index is 388. The van der Waals surface area contributed by atoms with Crippen molar-refractivity contribution in [3.05, 3.63) is 0 Å². The molecule has 0 aromatic rings. The molecule has 0 aromatic carbocycles. The Morgan fingerprint density at radius 2 is 1.42 bits per heavy atom. The highest BCUT2D eigenvalue weighted by atomic mass is 16.2. The molecule has 0 aromatic heterocycles. The molecule has 0 spiro atoms. The maximum atomic E-state index is 11.7. The third-order valence-electron chi connectivity index (χ3n) is 4.14. The maximum absolute atomic E-state index is 11.7. The minimum Gasteiger partial charge on any atom is -0.356 e. The van der Waals surface area contributed by atoms with E-state index in [0.29, 0.717) is 25.3 Å². The van der Waals surface area contributed by atoms with Crippen molar-refractivity contribution in [2.24, 2.45) is 5.92 Å². The van der Waals surface area contributed by atoms with Crippen LogP contribution in [0.4, 0.5) is 0 Å². The second kappa shape index (κ2) is 18.4. The highest BCUT2D eigenvalue weighted by Crippen LogP contribution is 2.12. The van der Waals surface area contributed by atoms with E-state index in [2.05, 4.69) is 24.5 Å². The fourth-order valence-corrected chi connectivity index (χ4v) is 2.65. The Labute approximate surface area is 162 Å². The monoisotopic (exact) mass is 372 g/mol. The molecule has 1 atom stereocenters. The molecule has 0 radical (unpaired) electrons. The van der Waals surface area contributed by atoms with Crippen molar-refractivity contribution in [2.75, 3.05) is 6.54 Å². The Morgan fingerprint density at radius 1 is 0.846 bits per heavy atom. The van der Waals surface area contributed by atoms with E-state index in [1.54, 1.807) is 13.8 Å². The van der Waals surface area contributed by atoms with Gasteiger partial charge in [0.05, 0.1) is 0 Å². The van der Waals surface area contributed by atoms with Crippen molar-refractivity contribution in [1.29, 1.82) is 0 Å². The first-order chi connectivity index (χ1) is 12.3. The summed E-state index contributed by atoms with van der Waals surface area (Å²) in [5.41, 5.74) is 0. The summed E-state index contributed by atoms with van der Waals surface area (Å²) in [4.78, 5) is 33.7. The molecule has 5 heteroatoms. The molecule has 0 fully saturated rings. The molecule has 2 N–H and O–H groups in total. The van der Waals surface area contributed by atoms with E-state index in [4.69, 9.17) is 0 Å². The molecule has 0 unspecified atom stereocenters. The predicted molar refractivity (Wildman–Crippen MR) is 111 cm³/mol. The van der Waals surface area contributed by atoms with Gasteiger partial charge in [0.1, 0.15) is 5.78 Å². The van der Waals surface area contributed by atoms with Crippen LogP contribution in [0.5, 0.6) is 0 Å². The number of rotatable bonds is 14. The zero-order chi connectivity index (χ0) is 20.4. The van der Waals surface area contributed by atoms with Crippen molar-refractivity contribution in [3.63, 3.8) is 0 Å². The van der Waals surface area contributed by atoms with Gasteiger partial charge in [0.2, 0.25) is 11.8 Å². The normalized spacial score (nSPS) is 11.3. The van der Waals surface area contributed by atoms with Gasteiger partial charge in [-0.05, 0) is 38.5 Å². The molecule has 0 aliphatic rings. The lowest BCUT2D eigenvalue weighted by molar-refractivity contribution is -0.121. The van der Waals surface area contributed by atoms with Gasteiger partial charge in [0.15, 0.2) is 0 Å². The predicted octanol–water partition coefficient (Wildman–Crippen LogP) is 4.64. The number of amides is 2. The van der Waals surface area contributed by atoms with Crippen LogP contribution in [0.1, 0.15) is 101 Å². The van der Waals surface area contributed by atoms with Gasteiger partial charge in [0.25, 0.3) is 0 Å². The zero-order valence-corrected chi connectivity index (χ0v) is 18.0. The van der Waals surface area contributed by atoms with Crippen molar-refractivity contribution >= 4 is 17.6 Å². The van der Waals surface area contributed by atoms with Crippen LogP contribution in [0.3, 0.4) is 0 Å². The minimum absolute atomic E-state index is 0. The van der Waals surface area contributed by atoms with Gasteiger partial charge >= 0.3 is 0 Å². The van der Waals surface area contributed by atoms with Crippen LogP contribution < -0.4 is 10.6 Å². The number of carbonyl (C=O) groups is 3. The van der Waals surface area contributed by atoms with Gasteiger partial charge in [-0.25, -0.2) is 0 Å². The minimum atomic E-state index is 0. The van der Waals surface area contributed by atoms with Crippen LogP contribution in [-0.2, 0) is 14.4 Å². The first-order valence-electron chi connectivity index (χ1n) is 10.4. The third kappa shape index (κ3) is 18.9. The standard InChI is InChI=1S/C19H36N2O3.C2H6.H2/c1-15(2)18(21-17(4)23)12-8-5-9-13-19(24)20-14-10-6-7-11-16(3)22;1-2;/h15,18H,5-14H2,1-4H3,(H,20,24)(H,21,23);1-2H3;1H/t18-;;/m1../s1. The molecule has 2 amide bonds. The lowest BCUT2D eigenvalue weighted by Gasteiger charge is -2.21. The Balaban J connectivity index is -0.00000185. The third-order valence-corrected chi connectivity index (χ3v) is 4.14. The van der Waals surface area contributed by atoms with Gasteiger partial charge < -0.3 is 15.4 Å².